The van der Waals surface area contributed by atoms with Gasteiger partial charge >= 0.3 is 6.18 Å². The van der Waals surface area contributed by atoms with Crippen molar-refractivity contribution in [3.8, 4) is 6.07 Å². The van der Waals surface area contributed by atoms with Crippen LogP contribution in [0.5, 0.6) is 0 Å². The van der Waals surface area contributed by atoms with Crippen molar-refractivity contribution in [2.45, 2.75) is 19.1 Å². The van der Waals surface area contributed by atoms with Crippen molar-refractivity contribution in [2.75, 3.05) is 13.6 Å². The maximum Gasteiger partial charge on any atom is 0.390 e. The highest BCUT2D eigenvalue weighted by atomic mass is 19.4. The number of hydrogen-bond donors (Lipinski definition) is 0. The minimum absolute atomic E-state index is 0.108. The van der Waals surface area contributed by atoms with E-state index in [1.165, 1.54) is 24.1 Å². The van der Waals surface area contributed by atoms with Crippen LogP contribution in [0.15, 0.2) is 18.2 Å². The number of nitriles is 1. The fraction of sp³-hybridized carbons (Fsp3) is 0.417. The first-order chi connectivity index (χ1) is 8.31. The second kappa shape index (κ2) is 5.83. The molecule has 1 rings (SSSR count). The van der Waals surface area contributed by atoms with E-state index in [1.807, 2.05) is 6.07 Å². The summed E-state index contributed by atoms with van der Waals surface area (Å²) in [7, 11) is 1.50. The minimum Gasteiger partial charge on any atom is -0.302 e. The maximum absolute atomic E-state index is 13.0. The molecule has 0 aromatic heterocycles. The van der Waals surface area contributed by atoms with E-state index in [1.54, 1.807) is 0 Å². The molecule has 0 fully saturated rings. The van der Waals surface area contributed by atoms with Gasteiger partial charge < -0.3 is 4.90 Å². The number of nitrogens with zero attached hydrogens (tertiary/aromatic N) is 2. The zero-order valence-corrected chi connectivity index (χ0v) is 9.76. The number of rotatable bonds is 4. The molecule has 0 radical (unpaired) electrons. The molecule has 1 aromatic rings. The molecule has 0 atom stereocenters. The number of benzene rings is 1. The molecule has 0 bridgehead atoms. The van der Waals surface area contributed by atoms with E-state index in [-0.39, 0.29) is 18.7 Å². The summed E-state index contributed by atoms with van der Waals surface area (Å²) in [4.78, 5) is 1.41. The zero-order valence-electron chi connectivity index (χ0n) is 9.76. The molecule has 98 valence electrons. The van der Waals surface area contributed by atoms with Gasteiger partial charge in [0.25, 0.3) is 0 Å². The third-order valence-electron chi connectivity index (χ3n) is 2.41. The van der Waals surface area contributed by atoms with Crippen LogP contribution in [0.1, 0.15) is 17.5 Å². The molecule has 18 heavy (non-hydrogen) atoms. The molecule has 0 heterocycles. The Labute approximate surface area is 102 Å². The molecule has 0 saturated carbocycles. The standard InChI is InChI=1S/C12H12F4N2/c1-18(5-4-12(14,15)16)8-10-6-11(13)3-2-9(10)7-17/h2-3,6H,4-5,8H2,1H3. The summed E-state index contributed by atoms with van der Waals surface area (Å²) in [5.41, 5.74) is 0.664. The molecule has 0 aliphatic heterocycles. The van der Waals surface area contributed by atoms with Gasteiger partial charge in [-0.3, -0.25) is 0 Å². The van der Waals surface area contributed by atoms with Gasteiger partial charge in [0, 0.05) is 13.1 Å². The highest BCUT2D eigenvalue weighted by Gasteiger charge is 2.27. The first kappa shape index (κ1) is 14.5. The van der Waals surface area contributed by atoms with E-state index in [4.69, 9.17) is 5.26 Å². The van der Waals surface area contributed by atoms with Crippen molar-refractivity contribution in [3.05, 3.63) is 35.1 Å². The van der Waals surface area contributed by atoms with Gasteiger partial charge in [0.05, 0.1) is 18.1 Å². The third-order valence-corrected chi connectivity index (χ3v) is 2.41. The molecule has 0 amide bonds. The Morgan fingerprint density at radius 2 is 2.00 bits per heavy atom. The number of hydrogen-bond acceptors (Lipinski definition) is 2. The lowest BCUT2D eigenvalue weighted by atomic mass is 10.1. The van der Waals surface area contributed by atoms with E-state index in [9.17, 15) is 17.6 Å². The van der Waals surface area contributed by atoms with Crippen molar-refractivity contribution < 1.29 is 17.6 Å². The van der Waals surface area contributed by atoms with Crippen LogP contribution in [0.4, 0.5) is 17.6 Å². The topological polar surface area (TPSA) is 27.0 Å². The summed E-state index contributed by atoms with van der Waals surface area (Å²) in [6, 6.07) is 5.53. The quantitative estimate of drug-likeness (QED) is 0.778. The molecule has 0 spiro atoms. The lowest BCUT2D eigenvalue weighted by Crippen LogP contribution is -2.24. The van der Waals surface area contributed by atoms with Gasteiger partial charge in [-0.15, -0.1) is 0 Å². The van der Waals surface area contributed by atoms with E-state index in [2.05, 4.69) is 0 Å². The van der Waals surface area contributed by atoms with Gasteiger partial charge in [-0.05, 0) is 30.8 Å². The second-order valence-corrected chi connectivity index (χ2v) is 4.02. The SMILES string of the molecule is CN(CCC(F)(F)F)Cc1cc(F)ccc1C#N. The fourth-order valence-corrected chi connectivity index (χ4v) is 1.49. The zero-order chi connectivity index (χ0) is 13.8. The second-order valence-electron chi connectivity index (χ2n) is 4.02. The van der Waals surface area contributed by atoms with Crippen LogP contribution < -0.4 is 0 Å². The van der Waals surface area contributed by atoms with E-state index >= 15 is 0 Å². The summed E-state index contributed by atoms with van der Waals surface area (Å²) in [5.74, 6) is -0.506. The Morgan fingerprint density at radius 3 is 2.56 bits per heavy atom. The largest absolute Gasteiger partial charge is 0.390 e. The van der Waals surface area contributed by atoms with Crippen LogP contribution in [0.3, 0.4) is 0 Å². The molecule has 6 heteroatoms. The van der Waals surface area contributed by atoms with E-state index < -0.39 is 18.4 Å². The van der Waals surface area contributed by atoms with E-state index in [0.717, 1.165) is 6.07 Å². The molecule has 0 N–H and O–H groups in total. The van der Waals surface area contributed by atoms with Crippen molar-refractivity contribution in [1.82, 2.24) is 4.90 Å². The first-order valence-electron chi connectivity index (χ1n) is 5.25. The van der Waals surface area contributed by atoms with Gasteiger partial charge in [-0.1, -0.05) is 0 Å². The summed E-state index contributed by atoms with van der Waals surface area (Å²) in [6.45, 7) is -0.0817. The molecule has 0 saturated heterocycles. The number of halogens is 4. The Kier molecular flexibility index (Phi) is 4.68. The minimum atomic E-state index is -4.21. The summed E-state index contributed by atoms with van der Waals surface area (Å²) < 4.78 is 49.1. The van der Waals surface area contributed by atoms with Crippen molar-refractivity contribution in [3.63, 3.8) is 0 Å². The number of alkyl halides is 3. The van der Waals surface area contributed by atoms with Crippen molar-refractivity contribution >= 4 is 0 Å². The molecule has 2 nitrogen and oxygen atoms in total. The van der Waals surface area contributed by atoms with Gasteiger partial charge in [0.15, 0.2) is 0 Å². The first-order valence-corrected chi connectivity index (χ1v) is 5.25. The van der Waals surface area contributed by atoms with Crippen molar-refractivity contribution in [2.24, 2.45) is 0 Å². The highest BCUT2D eigenvalue weighted by Crippen LogP contribution is 2.20. The van der Waals surface area contributed by atoms with Gasteiger partial charge in [0.1, 0.15) is 5.82 Å². The third kappa shape index (κ3) is 4.72. The Morgan fingerprint density at radius 1 is 1.33 bits per heavy atom. The Balaban J connectivity index is 2.67. The maximum atomic E-state index is 13.0. The fourth-order valence-electron chi connectivity index (χ4n) is 1.49. The van der Waals surface area contributed by atoms with Gasteiger partial charge in [-0.25, -0.2) is 4.39 Å². The van der Waals surface area contributed by atoms with Crippen LogP contribution in [0, 0.1) is 17.1 Å². The Hall–Kier alpha value is -1.61. The molecule has 0 aliphatic rings. The van der Waals surface area contributed by atoms with Crippen LogP contribution in [-0.2, 0) is 6.54 Å². The predicted molar refractivity (Wildman–Crippen MR) is 58.1 cm³/mol. The molecule has 0 aliphatic carbocycles. The monoisotopic (exact) mass is 260 g/mol. The molecular weight excluding hydrogens is 248 g/mol. The van der Waals surface area contributed by atoms with Crippen LogP contribution in [0.2, 0.25) is 0 Å². The Bertz CT molecular complexity index is 448. The smallest absolute Gasteiger partial charge is 0.302 e. The molecular formula is C12H12F4N2. The summed E-state index contributed by atoms with van der Waals surface area (Å²) >= 11 is 0. The highest BCUT2D eigenvalue weighted by molar-refractivity contribution is 5.37. The van der Waals surface area contributed by atoms with Crippen LogP contribution in [0.25, 0.3) is 0 Å². The summed E-state index contributed by atoms with van der Waals surface area (Å²) in [5, 5.41) is 8.81. The molecule has 0 unspecified atom stereocenters. The normalized spacial score (nSPS) is 11.6. The lowest BCUT2D eigenvalue weighted by molar-refractivity contribution is -0.137. The predicted octanol–water partition coefficient (Wildman–Crippen LogP) is 3.08. The van der Waals surface area contributed by atoms with Crippen LogP contribution in [-0.4, -0.2) is 24.7 Å². The average Bonchev–Trinajstić information content (AvgIpc) is 2.26. The van der Waals surface area contributed by atoms with Gasteiger partial charge in [0.2, 0.25) is 0 Å². The van der Waals surface area contributed by atoms with E-state index in [0.29, 0.717) is 5.56 Å². The summed E-state index contributed by atoms with van der Waals surface area (Å²) in [6.07, 6.45) is -5.14. The van der Waals surface area contributed by atoms with Crippen LogP contribution >= 0.6 is 0 Å². The average molecular weight is 260 g/mol. The lowest BCUT2D eigenvalue weighted by Gasteiger charge is -2.18. The van der Waals surface area contributed by atoms with Gasteiger partial charge in [-0.2, -0.15) is 18.4 Å². The van der Waals surface area contributed by atoms with Crippen molar-refractivity contribution in [1.29, 1.82) is 5.26 Å². The molecule has 1 aromatic carbocycles.